The number of nitrogens with zero attached hydrogens (tertiary/aromatic N) is 2. The highest BCUT2D eigenvalue weighted by molar-refractivity contribution is 5.85. The number of carboxylic acids is 1. The van der Waals surface area contributed by atoms with Crippen molar-refractivity contribution in [2.24, 2.45) is 0 Å². The molecule has 94 valence electrons. The molecule has 2 heterocycles. The van der Waals surface area contributed by atoms with Crippen molar-refractivity contribution in [2.45, 2.75) is 20.4 Å². The second-order valence-corrected chi connectivity index (χ2v) is 3.84. The van der Waals surface area contributed by atoms with Crippen molar-refractivity contribution in [3.8, 4) is 0 Å². The Balaban J connectivity index is 2.00. The van der Waals surface area contributed by atoms with Crippen LogP contribution in [0.25, 0.3) is 0 Å². The van der Waals surface area contributed by atoms with E-state index in [1.807, 2.05) is 13.8 Å². The lowest BCUT2D eigenvalue weighted by Gasteiger charge is -2.03. The van der Waals surface area contributed by atoms with Gasteiger partial charge >= 0.3 is 5.97 Å². The van der Waals surface area contributed by atoms with Crippen LogP contribution < -0.4 is 5.32 Å². The van der Waals surface area contributed by atoms with Gasteiger partial charge in [0.1, 0.15) is 11.5 Å². The maximum absolute atomic E-state index is 10.6. The van der Waals surface area contributed by atoms with Crippen molar-refractivity contribution in [1.82, 2.24) is 9.97 Å². The molecule has 0 saturated carbocycles. The molecule has 0 aliphatic carbocycles. The van der Waals surface area contributed by atoms with Crippen molar-refractivity contribution in [1.29, 1.82) is 0 Å². The third-order valence-corrected chi connectivity index (χ3v) is 2.50. The molecule has 18 heavy (non-hydrogen) atoms. The molecule has 0 bridgehead atoms. The summed E-state index contributed by atoms with van der Waals surface area (Å²) in [7, 11) is 0. The van der Waals surface area contributed by atoms with E-state index in [1.165, 1.54) is 12.3 Å². The van der Waals surface area contributed by atoms with Crippen LogP contribution in [0.2, 0.25) is 0 Å². The fourth-order valence-corrected chi connectivity index (χ4v) is 1.42. The minimum Gasteiger partial charge on any atom is -0.477 e. The molecule has 0 fully saturated rings. The van der Waals surface area contributed by atoms with E-state index < -0.39 is 5.97 Å². The summed E-state index contributed by atoms with van der Waals surface area (Å²) in [5.74, 6) is 0.346. The zero-order valence-corrected chi connectivity index (χ0v) is 10.1. The lowest BCUT2D eigenvalue weighted by atomic mass is 10.3. The van der Waals surface area contributed by atoms with Crippen LogP contribution in [0.5, 0.6) is 0 Å². The highest BCUT2D eigenvalue weighted by atomic mass is 16.4. The Labute approximate surface area is 104 Å². The highest BCUT2D eigenvalue weighted by Crippen LogP contribution is 2.11. The molecule has 6 heteroatoms. The number of aromatic carboxylic acids is 1. The first-order chi connectivity index (χ1) is 8.56. The van der Waals surface area contributed by atoms with Crippen LogP contribution >= 0.6 is 0 Å². The number of pyridine rings is 1. The molecule has 2 N–H and O–H groups in total. The molecule has 0 aliphatic heterocycles. The number of carboxylic acid groups (broad SMARTS) is 1. The van der Waals surface area contributed by atoms with Gasteiger partial charge in [-0.2, -0.15) is 0 Å². The van der Waals surface area contributed by atoms with E-state index in [0.29, 0.717) is 18.1 Å². The predicted octanol–water partition coefficient (Wildman–Crippen LogP) is 2.00. The molecule has 0 amide bonds. The predicted molar refractivity (Wildman–Crippen MR) is 64.5 cm³/mol. The monoisotopic (exact) mass is 247 g/mol. The van der Waals surface area contributed by atoms with Crippen LogP contribution in [0.3, 0.4) is 0 Å². The highest BCUT2D eigenvalue weighted by Gasteiger charge is 2.06. The quantitative estimate of drug-likeness (QED) is 0.859. The van der Waals surface area contributed by atoms with Gasteiger partial charge in [-0.3, -0.25) is 0 Å². The van der Waals surface area contributed by atoms with Gasteiger partial charge in [0.15, 0.2) is 0 Å². The number of hydrogen-bond acceptors (Lipinski definition) is 5. The number of oxazole rings is 1. The molecule has 2 aromatic rings. The van der Waals surface area contributed by atoms with Gasteiger partial charge in [0.05, 0.1) is 24.1 Å². The molecule has 0 spiro atoms. The normalized spacial score (nSPS) is 10.3. The van der Waals surface area contributed by atoms with Crippen molar-refractivity contribution in [2.75, 3.05) is 5.32 Å². The third-order valence-electron chi connectivity index (χ3n) is 2.50. The lowest BCUT2D eigenvalue weighted by molar-refractivity contribution is 0.0690. The molecule has 0 aliphatic rings. The first-order valence-corrected chi connectivity index (χ1v) is 5.42. The van der Waals surface area contributed by atoms with Crippen LogP contribution in [0.15, 0.2) is 22.7 Å². The first-order valence-electron chi connectivity index (χ1n) is 5.42. The molecular formula is C12H13N3O3. The molecule has 0 atom stereocenters. The number of nitrogens with one attached hydrogen (secondary N) is 1. The zero-order valence-electron chi connectivity index (χ0n) is 10.1. The smallest absolute Gasteiger partial charge is 0.354 e. The minimum absolute atomic E-state index is 0.0170. The van der Waals surface area contributed by atoms with Gasteiger partial charge in [0.2, 0.25) is 5.89 Å². The Kier molecular flexibility index (Phi) is 3.27. The molecule has 2 aromatic heterocycles. The minimum atomic E-state index is -1.04. The van der Waals surface area contributed by atoms with Crippen LogP contribution in [-0.4, -0.2) is 21.0 Å². The van der Waals surface area contributed by atoms with Gasteiger partial charge in [0, 0.05) is 0 Å². The number of aromatic nitrogens is 2. The second kappa shape index (κ2) is 4.87. The van der Waals surface area contributed by atoms with Gasteiger partial charge in [-0.1, -0.05) is 0 Å². The topological polar surface area (TPSA) is 88.2 Å². The zero-order chi connectivity index (χ0) is 13.1. The van der Waals surface area contributed by atoms with E-state index in [4.69, 9.17) is 9.52 Å². The summed E-state index contributed by atoms with van der Waals surface area (Å²) in [6.07, 6.45) is 1.46. The van der Waals surface area contributed by atoms with Gasteiger partial charge in [-0.15, -0.1) is 0 Å². The molecule has 6 nitrogen and oxygen atoms in total. The van der Waals surface area contributed by atoms with Crippen molar-refractivity contribution in [3.05, 3.63) is 41.4 Å². The Morgan fingerprint density at radius 1 is 1.44 bits per heavy atom. The standard InChI is InChI=1S/C12H13N3O3/c1-7-8(2)18-11(15-7)6-13-9-3-4-10(12(16)17)14-5-9/h3-5,13H,6H2,1-2H3,(H,16,17). The van der Waals surface area contributed by atoms with Gasteiger partial charge in [0.25, 0.3) is 0 Å². The molecule has 0 saturated heterocycles. The second-order valence-electron chi connectivity index (χ2n) is 3.84. The lowest BCUT2D eigenvalue weighted by Crippen LogP contribution is -2.03. The molecule has 0 radical (unpaired) electrons. The maximum atomic E-state index is 10.6. The number of rotatable bonds is 4. The summed E-state index contributed by atoms with van der Waals surface area (Å²) in [5.41, 5.74) is 1.60. The number of aryl methyl sites for hydroxylation is 2. The Hall–Kier alpha value is -2.37. The van der Waals surface area contributed by atoms with E-state index in [2.05, 4.69) is 15.3 Å². The van der Waals surface area contributed by atoms with Crippen LogP contribution in [-0.2, 0) is 6.54 Å². The van der Waals surface area contributed by atoms with Gasteiger partial charge < -0.3 is 14.8 Å². The summed E-state index contributed by atoms with van der Waals surface area (Å²) in [4.78, 5) is 18.7. The first kappa shape index (κ1) is 12.1. The van der Waals surface area contributed by atoms with E-state index >= 15 is 0 Å². The number of hydrogen-bond donors (Lipinski definition) is 2. The molecular weight excluding hydrogens is 234 g/mol. The van der Waals surface area contributed by atoms with Crippen LogP contribution in [0, 0.1) is 13.8 Å². The molecule has 0 unspecified atom stereocenters. The van der Waals surface area contributed by atoms with Gasteiger partial charge in [-0.25, -0.2) is 14.8 Å². The maximum Gasteiger partial charge on any atom is 0.354 e. The number of carbonyl (C=O) groups is 1. The van der Waals surface area contributed by atoms with E-state index in [0.717, 1.165) is 11.5 Å². The van der Waals surface area contributed by atoms with E-state index in [-0.39, 0.29) is 5.69 Å². The summed E-state index contributed by atoms with van der Waals surface area (Å²) >= 11 is 0. The fourth-order valence-electron chi connectivity index (χ4n) is 1.42. The SMILES string of the molecule is Cc1nc(CNc2ccc(C(=O)O)nc2)oc1C. The summed E-state index contributed by atoms with van der Waals surface area (Å²) < 4.78 is 5.41. The Morgan fingerprint density at radius 2 is 2.22 bits per heavy atom. The third kappa shape index (κ3) is 2.65. The van der Waals surface area contributed by atoms with Crippen molar-refractivity contribution >= 4 is 11.7 Å². The Morgan fingerprint density at radius 3 is 2.72 bits per heavy atom. The van der Waals surface area contributed by atoms with Gasteiger partial charge in [-0.05, 0) is 26.0 Å². The largest absolute Gasteiger partial charge is 0.477 e. The van der Waals surface area contributed by atoms with E-state index in [9.17, 15) is 4.79 Å². The van der Waals surface area contributed by atoms with E-state index in [1.54, 1.807) is 6.07 Å². The molecule has 0 aromatic carbocycles. The van der Waals surface area contributed by atoms with Crippen molar-refractivity contribution in [3.63, 3.8) is 0 Å². The molecule has 2 rings (SSSR count). The Bertz CT molecular complexity index is 541. The number of anilines is 1. The van der Waals surface area contributed by atoms with Crippen molar-refractivity contribution < 1.29 is 14.3 Å². The summed E-state index contributed by atoms with van der Waals surface area (Å²) in [6, 6.07) is 3.09. The summed E-state index contributed by atoms with van der Waals surface area (Å²) in [5, 5.41) is 11.8. The average molecular weight is 247 g/mol. The van der Waals surface area contributed by atoms with Crippen LogP contribution in [0.4, 0.5) is 5.69 Å². The van der Waals surface area contributed by atoms with Crippen LogP contribution in [0.1, 0.15) is 27.8 Å². The summed E-state index contributed by atoms with van der Waals surface area (Å²) in [6.45, 7) is 4.17. The fraction of sp³-hybridized carbons (Fsp3) is 0.250. The average Bonchev–Trinajstić information content (AvgIpc) is 2.67.